The highest BCUT2D eigenvalue weighted by molar-refractivity contribution is 14.0. The van der Waals surface area contributed by atoms with Crippen molar-refractivity contribution in [2.24, 2.45) is 10.9 Å². The second kappa shape index (κ2) is 12.4. The molecule has 1 fully saturated rings. The second-order valence-electron chi connectivity index (χ2n) is 7.51. The minimum Gasteiger partial charge on any atom is -0.357 e. The van der Waals surface area contributed by atoms with Gasteiger partial charge in [0.05, 0.1) is 0 Å². The summed E-state index contributed by atoms with van der Waals surface area (Å²) in [5, 5.41) is 6.92. The first-order valence-electron chi connectivity index (χ1n) is 9.75. The van der Waals surface area contributed by atoms with E-state index in [1.165, 1.54) is 37.7 Å². The number of hydrogen-bond donors (Lipinski definition) is 2. The summed E-state index contributed by atoms with van der Waals surface area (Å²) in [5.41, 5.74) is 1.24. The fraction of sp³-hybridized carbons (Fsp3) is 0.700. The topological polar surface area (TPSA) is 52.6 Å². The molecule has 0 bridgehead atoms. The number of aliphatic imine (C=N–C) groups is 1. The molecule has 1 aromatic rings. The van der Waals surface area contributed by atoms with Gasteiger partial charge in [-0.05, 0) is 49.8 Å². The molecule has 1 aliphatic rings. The van der Waals surface area contributed by atoms with Gasteiger partial charge in [0, 0.05) is 38.9 Å². The van der Waals surface area contributed by atoms with Crippen LogP contribution in [0, 0.1) is 5.92 Å². The van der Waals surface area contributed by atoms with Crippen LogP contribution < -0.4 is 15.5 Å². The highest BCUT2D eigenvalue weighted by Crippen LogP contribution is 2.18. The second-order valence-corrected chi connectivity index (χ2v) is 7.51. The van der Waals surface area contributed by atoms with Crippen molar-refractivity contribution in [2.75, 3.05) is 25.0 Å². The predicted octanol–water partition coefficient (Wildman–Crippen LogP) is 4.18. The first kappa shape index (κ1) is 23.0. The molecule has 0 aromatic carbocycles. The lowest BCUT2D eigenvalue weighted by Gasteiger charge is -2.19. The van der Waals surface area contributed by atoms with Crippen LogP contribution in [-0.4, -0.2) is 37.1 Å². The fourth-order valence-electron chi connectivity index (χ4n) is 3.21. The Kier molecular flexibility index (Phi) is 10.9. The minimum absolute atomic E-state index is 0. The van der Waals surface area contributed by atoms with Crippen LogP contribution >= 0.6 is 24.0 Å². The standard InChI is InChI=1S/C20H35N5.HI/c1-16(2)8-7-9-17(3)24-20(21-4)23-15-18-10-11-22-19(14-18)25-12-5-6-13-25;/h10-11,14,16-17H,5-9,12-13,15H2,1-4H3,(H2,21,23,24);1H. The van der Waals surface area contributed by atoms with Crippen molar-refractivity contribution >= 4 is 35.8 Å². The predicted molar refractivity (Wildman–Crippen MR) is 123 cm³/mol. The molecule has 0 saturated carbocycles. The Bertz CT molecular complexity index is 541. The third-order valence-electron chi connectivity index (χ3n) is 4.73. The van der Waals surface area contributed by atoms with Crippen LogP contribution in [0.3, 0.4) is 0 Å². The SMILES string of the molecule is CN=C(NCc1ccnc(N2CCCC2)c1)NC(C)CCCC(C)C.I. The van der Waals surface area contributed by atoms with E-state index >= 15 is 0 Å². The van der Waals surface area contributed by atoms with Gasteiger partial charge in [-0.25, -0.2) is 4.98 Å². The maximum Gasteiger partial charge on any atom is 0.191 e. The monoisotopic (exact) mass is 473 g/mol. The third kappa shape index (κ3) is 8.10. The molecule has 0 aliphatic carbocycles. The zero-order valence-corrected chi connectivity index (χ0v) is 19.1. The van der Waals surface area contributed by atoms with Gasteiger partial charge in [0.1, 0.15) is 5.82 Å². The molecule has 1 saturated heterocycles. The number of rotatable bonds is 8. The van der Waals surface area contributed by atoms with E-state index in [1.807, 2.05) is 13.2 Å². The molecule has 1 atom stereocenters. The summed E-state index contributed by atoms with van der Waals surface area (Å²) in [7, 11) is 1.83. The summed E-state index contributed by atoms with van der Waals surface area (Å²) in [5.74, 6) is 2.75. The Hall–Kier alpha value is -1.05. The third-order valence-corrected chi connectivity index (χ3v) is 4.73. The molecule has 6 heteroatoms. The number of nitrogens with one attached hydrogen (secondary N) is 2. The Morgan fingerprint density at radius 3 is 2.62 bits per heavy atom. The van der Waals surface area contributed by atoms with Crippen LogP contribution in [0.4, 0.5) is 5.82 Å². The molecular formula is C20H36IN5. The van der Waals surface area contributed by atoms with Gasteiger partial charge in [0.2, 0.25) is 0 Å². The van der Waals surface area contributed by atoms with Gasteiger partial charge in [-0.2, -0.15) is 0 Å². The number of anilines is 1. The molecule has 1 aliphatic heterocycles. The lowest BCUT2D eigenvalue weighted by Crippen LogP contribution is -2.41. The van der Waals surface area contributed by atoms with Crippen molar-refractivity contribution in [3.05, 3.63) is 23.9 Å². The highest BCUT2D eigenvalue weighted by Gasteiger charge is 2.13. The van der Waals surface area contributed by atoms with Crippen LogP contribution in [0.25, 0.3) is 0 Å². The normalized spacial score (nSPS) is 15.7. The maximum absolute atomic E-state index is 4.52. The summed E-state index contributed by atoms with van der Waals surface area (Å²) in [4.78, 5) is 11.2. The molecule has 26 heavy (non-hydrogen) atoms. The van der Waals surface area contributed by atoms with Crippen LogP contribution in [0.2, 0.25) is 0 Å². The van der Waals surface area contributed by atoms with Crippen molar-refractivity contribution in [3.63, 3.8) is 0 Å². The summed E-state index contributed by atoms with van der Waals surface area (Å²) in [6.45, 7) is 9.81. The van der Waals surface area contributed by atoms with Gasteiger partial charge in [-0.15, -0.1) is 24.0 Å². The summed E-state index contributed by atoms with van der Waals surface area (Å²) in [6, 6.07) is 4.70. The number of guanidine groups is 1. The van der Waals surface area contributed by atoms with E-state index in [-0.39, 0.29) is 24.0 Å². The number of aromatic nitrogens is 1. The Morgan fingerprint density at radius 2 is 1.96 bits per heavy atom. The van der Waals surface area contributed by atoms with Crippen molar-refractivity contribution in [1.82, 2.24) is 15.6 Å². The Morgan fingerprint density at radius 1 is 1.23 bits per heavy atom. The van der Waals surface area contributed by atoms with E-state index in [0.29, 0.717) is 6.04 Å². The van der Waals surface area contributed by atoms with Crippen molar-refractivity contribution in [2.45, 2.75) is 65.5 Å². The minimum atomic E-state index is 0. The molecule has 2 heterocycles. The summed E-state index contributed by atoms with van der Waals surface area (Å²) < 4.78 is 0. The van der Waals surface area contributed by atoms with Crippen molar-refractivity contribution < 1.29 is 0 Å². The fourth-order valence-corrected chi connectivity index (χ4v) is 3.21. The van der Waals surface area contributed by atoms with Crippen molar-refractivity contribution in [1.29, 1.82) is 0 Å². The first-order valence-corrected chi connectivity index (χ1v) is 9.75. The van der Waals surface area contributed by atoms with E-state index in [4.69, 9.17) is 0 Å². The van der Waals surface area contributed by atoms with E-state index in [9.17, 15) is 0 Å². The molecular weight excluding hydrogens is 437 g/mol. The van der Waals surface area contributed by atoms with Gasteiger partial charge in [-0.1, -0.05) is 26.7 Å². The number of nitrogens with zero attached hydrogens (tertiary/aromatic N) is 3. The van der Waals surface area contributed by atoms with E-state index in [0.717, 1.165) is 37.3 Å². The Balaban J connectivity index is 0.00000338. The molecule has 1 aromatic heterocycles. The van der Waals surface area contributed by atoms with Gasteiger partial charge in [0.25, 0.3) is 0 Å². The number of hydrogen-bond acceptors (Lipinski definition) is 3. The molecule has 2 rings (SSSR count). The number of halogens is 1. The van der Waals surface area contributed by atoms with Crippen molar-refractivity contribution in [3.8, 4) is 0 Å². The van der Waals surface area contributed by atoms with Crippen LogP contribution in [0.15, 0.2) is 23.3 Å². The van der Waals surface area contributed by atoms with Gasteiger partial charge < -0.3 is 15.5 Å². The van der Waals surface area contributed by atoms with Crippen LogP contribution in [-0.2, 0) is 6.54 Å². The molecule has 0 radical (unpaired) electrons. The van der Waals surface area contributed by atoms with Crippen LogP contribution in [0.5, 0.6) is 0 Å². The zero-order chi connectivity index (χ0) is 18.1. The quantitative estimate of drug-likeness (QED) is 0.338. The highest BCUT2D eigenvalue weighted by atomic mass is 127. The molecule has 2 N–H and O–H groups in total. The molecule has 0 amide bonds. The largest absolute Gasteiger partial charge is 0.357 e. The summed E-state index contributed by atoms with van der Waals surface area (Å²) in [6.07, 6.45) is 8.17. The van der Waals surface area contributed by atoms with E-state index in [2.05, 4.69) is 58.4 Å². The average Bonchev–Trinajstić information content (AvgIpc) is 3.13. The lowest BCUT2D eigenvalue weighted by atomic mass is 10.0. The average molecular weight is 473 g/mol. The molecule has 0 spiro atoms. The number of pyridine rings is 1. The van der Waals surface area contributed by atoms with Crippen LogP contribution in [0.1, 0.15) is 58.4 Å². The first-order chi connectivity index (χ1) is 12.1. The lowest BCUT2D eigenvalue weighted by molar-refractivity contribution is 0.491. The molecule has 5 nitrogen and oxygen atoms in total. The van der Waals surface area contributed by atoms with Gasteiger partial charge in [-0.3, -0.25) is 4.99 Å². The van der Waals surface area contributed by atoms with Gasteiger partial charge >= 0.3 is 0 Å². The maximum atomic E-state index is 4.52. The molecule has 1 unspecified atom stereocenters. The molecule has 148 valence electrons. The van der Waals surface area contributed by atoms with E-state index < -0.39 is 0 Å². The Labute approximate surface area is 176 Å². The zero-order valence-electron chi connectivity index (χ0n) is 16.8. The smallest absolute Gasteiger partial charge is 0.191 e. The summed E-state index contributed by atoms with van der Waals surface area (Å²) >= 11 is 0. The van der Waals surface area contributed by atoms with E-state index in [1.54, 1.807) is 0 Å². The van der Waals surface area contributed by atoms with Gasteiger partial charge in [0.15, 0.2) is 5.96 Å².